The Morgan fingerprint density at radius 2 is 1.92 bits per heavy atom. The van der Waals surface area contributed by atoms with Crippen molar-refractivity contribution in [2.45, 2.75) is 13.8 Å². The molecule has 0 unspecified atom stereocenters. The Labute approximate surface area is 75.7 Å². The van der Waals surface area contributed by atoms with Crippen LogP contribution >= 0.6 is 0 Å². The molecule has 0 aliphatic rings. The first kappa shape index (κ1) is 11.2. The van der Waals surface area contributed by atoms with E-state index in [1.165, 1.54) is 13.8 Å². The van der Waals surface area contributed by atoms with Crippen molar-refractivity contribution < 1.29 is 14.7 Å². The lowest BCUT2D eigenvalue weighted by Crippen LogP contribution is -2.25. The Morgan fingerprint density at radius 3 is 2.31 bits per heavy atom. The highest BCUT2D eigenvalue weighted by Crippen LogP contribution is 2.02. The molecule has 0 aromatic rings. The van der Waals surface area contributed by atoms with Crippen LogP contribution in [-0.4, -0.2) is 23.5 Å². The van der Waals surface area contributed by atoms with Crippen LogP contribution in [-0.2, 0) is 9.59 Å². The maximum atomic E-state index is 11.1. The summed E-state index contributed by atoms with van der Waals surface area (Å²) in [6.45, 7) is 2.61. The van der Waals surface area contributed by atoms with Gasteiger partial charge in [-0.05, 0) is 13.8 Å². The van der Waals surface area contributed by atoms with Gasteiger partial charge in [0.25, 0.3) is 0 Å². The Morgan fingerprint density at radius 1 is 1.38 bits per heavy atom. The summed E-state index contributed by atoms with van der Waals surface area (Å²) < 4.78 is 0. The number of carboxylic acids is 1. The second-order valence-corrected chi connectivity index (χ2v) is 2.40. The number of nitrogens with one attached hydrogen (secondary N) is 1. The van der Waals surface area contributed by atoms with E-state index in [-0.39, 0.29) is 17.7 Å². The van der Waals surface area contributed by atoms with Crippen LogP contribution in [0.15, 0.2) is 11.1 Å². The van der Waals surface area contributed by atoms with Gasteiger partial charge in [-0.3, -0.25) is 4.79 Å². The van der Waals surface area contributed by atoms with E-state index < -0.39 is 11.9 Å². The van der Waals surface area contributed by atoms with E-state index in [9.17, 15) is 9.59 Å². The van der Waals surface area contributed by atoms with E-state index in [1.807, 2.05) is 0 Å². The largest absolute Gasteiger partial charge is 0.478 e. The summed E-state index contributed by atoms with van der Waals surface area (Å²) in [5, 5.41) is 18.9. The van der Waals surface area contributed by atoms with Crippen LogP contribution < -0.4 is 5.32 Å². The number of hydrogen-bond donors (Lipinski definition) is 2. The normalized spacial score (nSPS) is 11.2. The topological polar surface area (TPSA) is 90.2 Å². The van der Waals surface area contributed by atoms with Crippen LogP contribution in [0.1, 0.15) is 13.8 Å². The number of aliphatic carboxylic acids is 1. The van der Waals surface area contributed by atoms with Gasteiger partial charge in [0.2, 0.25) is 5.91 Å². The quantitative estimate of drug-likeness (QED) is 0.476. The van der Waals surface area contributed by atoms with Gasteiger partial charge in [-0.2, -0.15) is 5.26 Å². The molecule has 5 heteroatoms. The van der Waals surface area contributed by atoms with Gasteiger partial charge in [-0.15, -0.1) is 0 Å². The first-order chi connectivity index (χ1) is 6.00. The van der Waals surface area contributed by atoms with Gasteiger partial charge in [0.15, 0.2) is 0 Å². The third-order valence-corrected chi connectivity index (χ3v) is 1.55. The summed E-state index contributed by atoms with van der Waals surface area (Å²) in [6, 6.07) is 1.72. The van der Waals surface area contributed by atoms with E-state index in [0.717, 1.165) is 0 Å². The van der Waals surface area contributed by atoms with Gasteiger partial charge in [0.05, 0.1) is 6.07 Å². The van der Waals surface area contributed by atoms with Crippen molar-refractivity contribution >= 4 is 11.9 Å². The van der Waals surface area contributed by atoms with E-state index in [1.54, 1.807) is 6.07 Å². The van der Waals surface area contributed by atoms with Gasteiger partial charge in [-0.25, -0.2) is 4.79 Å². The third-order valence-electron chi connectivity index (χ3n) is 1.55. The molecule has 0 saturated heterocycles. The number of rotatable bonds is 3. The van der Waals surface area contributed by atoms with Crippen molar-refractivity contribution in [3.8, 4) is 6.07 Å². The summed E-state index contributed by atoms with van der Waals surface area (Å²) >= 11 is 0. The first-order valence-electron chi connectivity index (χ1n) is 3.56. The van der Waals surface area contributed by atoms with E-state index in [4.69, 9.17) is 10.4 Å². The van der Waals surface area contributed by atoms with Crippen LogP contribution in [0.25, 0.3) is 0 Å². The second kappa shape index (κ2) is 4.93. The van der Waals surface area contributed by atoms with Crippen LogP contribution in [0.2, 0.25) is 0 Å². The molecule has 70 valence electrons. The molecule has 0 aliphatic heterocycles. The molecule has 0 spiro atoms. The van der Waals surface area contributed by atoms with Crippen molar-refractivity contribution in [1.82, 2.24) is 5.32 Å². The van der Waals surface area contributed by atoms with Gasteiger partial charge >= 0.3 is 5.97 Å². The number of nitrogens with zero attached hydrogens (tertiary/aromatic N) is 1. The SMILES string of the molecule is CC(C(=O)O)=C(C)C(=O)NCC#N. The molecule has 13 heavy (non-hydrogen) atoms. The number of nitriles is 1. The zero-order valence-electron chi connectivity index (χ0n) is 7.42. The molecule has 0 radical (unpaired) electrons. The van der Waals surface area contributed by atoms with Gasteiger partial charge in [0.1, 0.15) is 6.54 Å². The van der Waals surface area contributed by atoms with E-state index in [2.05, 4.69) is 5.32 Å². The van der Waals surface area contributed by atoms with Gasteiger partial charge in [0, 0.05) is 11.1 Å². The monoisotopic (exact) mass is 182 g/mol. The average Bonchev–Trinajstić information content (AvgIpc) is 2.11. The molecule has 0 aromatic carbocycles. The average molecular weight is 182 g/mol. The lowest BCUT2D eigenvalue weighted by molar-refractivity contribution is -0.133. The summed E-state index contributed by atoms with van der Waals surface area (Å²) in [4.78, 5) is 21.5. The number of amides is 1. The third kappa shape index (κ3) is 3.38. The Bertz CT molecular complexity index is 299. The number of carbonyl (C=O) groups is 2. The van der Waals surface area contributed by atoms with E-state index >= 15 is 0 Å². The van der Waals surface area contributed by atoms with Gasteiger partial charge in [-0.1, -0.05) is 0 Å². The predicted octanol–water partition coefficient (Wildman–Crippen LogP) is 0.0472. The fourth-order valence-corrected chi connectivity index (χ4v) is 0.583. The van der Waals surface area contributed by atoms with Crippen molar-refractivity contribution in [2.75, 3.05) is 6.54 Å². The fraction of sp³-hybridized carbons (Fsp3) is 0.375. The Hall–Kier alpha value is -1.83. The first-order valence-corrected chi connectivity index (χ1v) is 3.56. The second-order valence-electron chi connectivity index (χ2n) is 2.40. The zero-order chi connectivity index (χ0) is 10.4. The van der Waals surface area contributed by atoms with Crippen molar-refractivity contribution in [3.63, 3.8) is 0 Å². The zero-order valence-corrected chi connectivity index (χ0v) is 7.42. The standard InChI is InChI=1S/C8H10N2O3/c1-5(6(2)8(12)13)7(11)10-4-3-9/h4H2,1-2H3,(H,10,11)(H,12,13). The maximum absolute atomic E-state index is 11.1. The minimum atomic E-state index is -1.13. The Balaban J connectivity index is 4.51. The lowest BCUT2D eigenvalue weighted by Gasteiger charge is -2.02. The van der Waals surface area contributed by atoms with Crippen molar-refractivity contribution in [1.29, 1.82) is 5.26 Å². The maximum Gasteiger partial charge on any atom is 0.331 e. The number of hydrogen-bond acceptors (Lipinski definition) is 3. The van der Waals surface area contributed by atoms with Crippen LogP contribution in [0.3, 0.4) is 0 Å². The Kier molecular flexibility index (Phi) is 4.24. The van der Waals surface area contributed by atoms with Crippen LogP contribution in [0, 0.1) is 11.3 Å². The fourth-order valence-electron chi connectivity index (χ4n) is 0.583. The molecule has 1 amide bonds. The molecule has 5 nitrogen and oxygen atoms in total. The lowest BCUT2D eigenvalue weighted by atomic mass is 10.1. The molecule has 0 fully saturated rings. The number of carboxylic acid groups (broad SMARTS) is 1. The summed E-state index contributed by atoms with van der Waals surface area (Å²) in [5.41, 5.74) is 0.0955. The molecule has 0 aromatic heterocycles. The molecule has 0 bridgehead atoms. The minimum Gasteiger partial charge on any atom is -0.478 e. The minimum absolute atomic E-state index is 0.0181. The number of carbonyl (C=O) groups excluding carboxylic acids is 1. The molecule has 0 atom stereocenters. The summed E-state index contributed by atoms with van der Waals surface area (Å²) in [5.74, 6) is -1.66. The summed E-state index contributed by atoms with van der Waals surface area (Å²) in [7, 11) is 0. The highest BCUT2D eigenvalue weighted by molar-refractivity contribution is 6.01. The molecule has 2 N–H and O–H groups in total. The van der Waals surface area contributed by atoms with Gasteiger partial charge < -0.3 is 10.4 Å². The smallest absolute Gasteiger partial charge is 0.331 e. The highest BCUT2D eigenvalue weighted by Gasteiger charge is 2.11. The van der Waals surface area contributed by atoms with Crippen LogP contribution in [0.4, 0.5) is 0 Å². The van der Waals surface area contributed by atoms with Crippen molar-refractivity contribution in [3.05, 3.63) is 11.1 Å². The molecule has 0 aliphatic carbocycles. The highest BCUT2D eigenvalue weighted by atomic mass is 16.4. The molecular formula is C8H10N2O3. The molecule has 0 heterocycles. The molecular weight excluding hydrogens is 172 g/mol. The van der Waals surface area contributed by atoms with E-state index in [0.29, 0.717) is 0 Å². The summed E-state index contributed by atoms with van der Waals surface area (Å²) in [6.07, 6.45) is 0. The molecule has 0 saturated carbocycles. The molecule has 0 rings (SSSR count). The predicted molar refractivity (Wildman–Crippen MR) is 44.6 cm³/mol. The van der Waals surface area contributed by atoms with Crippen molar-refractivity contribution in [2.24, 2.45) is 0 Å². The van der Waals surface area contributed by atoms with Crippen LogP contribution in [0.5, 0.6) is 0 Å².